The average Bonchev–Trinajstić information content (AvgIpc) is 2.95. The molecule has 0 radical (unpaired) electrons. The first-order chi connectivity index (χ1) is 11.4. The van der Waals surface area contributed by atoms with Crippen LogP contribution >= 0.6 is 22.9 Å². The van der Waals surface area contributed by atoms with Gasteiger partial charge in [-0.15, -0.1) is 11.3 Å². The minimum atomic E-state index is -0.496. The van der Waals surface area contributed by atoms with Crippen molar-refractivity contribution in [2.45, 2.75) is 0 Å². The van der Waals surface area contributed by atoms with Crippen LogP contribution in [0.25, 0.3) is 22.4 Å². The maximum atomic E-state index is 10.8. The highest BCUT2D eigenvalue weighted by atomic mass is 35.5. The Morgan fingerprint density at radius 1 is 1.00 bits per heavy atom. The van der Waals surface area contributed by atoms with Gasteiger partial charge >= 0.3 is 0 Å². The summed E-state index contributed by atoms with van der Waals surface area (Å²) in [5.41, 5.74) is 0.944. The highest BCUT2D eigenvalue weighted by molar-refractivity contribution is 7.19. The van der Waals surface area contributed by atoms with Crippen LogP contribution in [0.2, 0.25) is 5.02 Å². The van der Waals surface area contributed by atoms with Gasteiger partial charge in [0, 0.05) is 29.3 Å². The molecule has 2 aromatic carbocycles. The van der Waals surface area contributed by atoms with Crippen molar-refractivity contribution in [3.8, 4) is 0 Å². The number of nitro groups is 2. The molecule has 3 rings (SSSR count). The fourth-order valence-electron chi connectivity index (χ4n) is 2.05. The average molecular weight is 362 g/mol. The predicted octanol–water partition coefficient (Wildman–Crippen LogP) is 4.94. The first-order valence-corrected chi connectivity index (χ1v) is 7.80. The van der Waals surface area contributed by atoms with Crippen LogP contribution in [0.1, 0.15) is 10.6 Å². The first kappa shape index (κ1) is 16.0. The Bertz CT molecular complexity index is 1000. The number of hydrogen-bond donors (Lipinski definition) is 0. The second kappa shape index (κ2) is 6.34. The van der Waals surface area contributed by atoms with Gasteiger partial charge in [0.15, 0.2) is 0 Å². The van der Waals surface area contributed by atoms with Crippen molar-refractivity contribution in [1.29, 1.82) is 0 Å². The van der Waals surface area contributed by atoms with E-state index >= 15 is 0 Å². The van der Waals surface area contributed by atoms with E-state index < -0.39 is 9.85 Å². The molecule has 0 amide bonds. The summed E-state index contributed by atoms with van der Waals surface area (Å²) in [6.45, 7) is 0. The van der Waals surface area contributed by atoms with E-state index in [1.54, 1.807) is 18.2 Å². The third-order valence-electron chi connectivity index (χ3n) is 3.19. The lowest BCUT2D eigenvalue weighted by Crippen LogP contribution is -1.88. The number of rotatable bonds is 4. The molecular formula is C15H8ClN3O4S. The lowest BCUT2D eigenvalue weighted by molar-refractivity contribution is -0.385. The maximum absolute atomic E-state index is 10.8. The molecule has 7 nitrogen and oxygen atoms in total. The number of halogens is 1. The van der Waals surface area contributed by atoms with Crippen molar-refractivity contribution in [2.24, 2.45) is 0 Å². The van der Waals surface area contributed by atoms with Gasteiger partial charge < -0.3 is 0 Å². The minimum absolute atomic E-state index is 0.0231. The molecule has 0 spiro atoms. The monoisotopic (exact) mass is 361 g/mol. The van der Waals surface area contributed by atoms with Gasteiger partial charge in [-0.05, 0) is 23.8 Å². The van der Waals surface area contributed by atoms with Crippen LogP contribution in [0, 0.1) is 20.2 Å². The zero-order valence-electron chi connectivity index (χ0n) is 11.9. The number of nitrogens with zero attached hydrogens (tertiary/aromatic N) is 3. The van der Waals surface area contributed by atoms with Crippen LogP contribution in [0.4, 0.5) is 11.4 Å². The Morgan fingerprint density at radius 3 is 2.38 bits per heavy atom. The van der Waals surface area contributed by atoms with E-state index in [1.165, 1.54) is 41.7 Å². The highest BCUT2D eigenvalue weighted by Gasteiger charge is 2.10. The molecule has 0 unspecified atom stereocenters. The molecule has 24 heavy (non-hydrogen) atoms. The zero-order valence-corrected chi connectivity index (χ0v) is 13.5. The quantitative estimate of drug-likeness (QED) is 0.484. The van der Waals surface area contributed by atoms with E-state index in [1.807, 2.05) is 0 Å². The molecular weight excluding hydrogens is 354 g/mol. The normalized spacial score (nSPS) is 11.2. The Labute approximate surface area is 144 Å². The van der Waals surface area contributed by atoms with Crippen LogP contribution in [0.5, 0.6) is 0 Å². The second-order valence-corrected chi connectivity index (χ2v) is 6.23. The Hall–Kier alpha value is -2.84. The number of fused-ring (bicyclic) bond motifs is 1. The third-order valence-corrected chi connectivity index (χ3v) is 4.54. The smallest absolute Gasteiger partial charge is 0.258 e. The Kier molecular flexibility index (Phi) is 4.24. The van der Waals surface area contributed by atoms with Gasteiger partial charge in [-0.1, -0.05) is 17.7 Å². The lowest BCUT2D eigenvalue weighted by atomic mass is 10.2. The standard InChI is InChI=1S/C15H8ClN3O4S/c16-12-4-2-10(18(20)21)7-9(12)1-6-15-17-13-8-11(19(22)23)3-5-14(13)24-15/h1-8H/b6-1+. The number of thiazole rings is 1. The number of aromatic nitrogens is 1. The molecule has 0 fully saturated rings. The molecule has 0 aliphatic carbocycles. The fourth-order valence-corrected chi connectivity index (χ4v) is 3.08. The van der Waals surface area contributed by atoms with E-state index in [9.17, 15) is 20.2 Å². The molecule has 9 heteroatoms. The summed E-state index contributed by atoms with van der Waals surface area (Å²) in [4.78, 5) is 24.9. The Balaban J connectivity index is 1.94. The summed E-state index contributed by atoms with van der Waals surface area (Å²) in [7, 11) is 0. The summed E-state index contributed by atoms with van der Waals surface area (Å²) >= 11 is 7.39. The van der Waals surface area contributed by atoms with Crippen LogP contribution < -0.4 is 0 Å². The summed E-state index contributed by atoms with van der Waals surface area (Å²) in [6, 6.07) is 8.63. The van der Waals surface area contributed by atoms with E-state index in [0.29, 0.717) is 21.1 Å². The fraction of sp³-hybridized carbons (Fsp3) is 0. The van der Waals surface area contributed by atoms with E-state index in [2.05, 4.69) is 4.98 Å². The SMILES string of the molecule is O=[N+]([O-])c1ccc(Cl)c(/C=C/c2nc3cc([N+](=O)[O-])ccc3s2)c1. The first-order valence-electron chi connectivity index (χ1n) is 6.61. The number of nitro benzene ring substituents is 2. The zero-order chi connectivity index (χ0) is 17.3. The van der Waals surface area contributed by atoms with Crippen molar-refractivity contribution < 1.29 is 9.85 Å². The Morgan fingerprint density at radius 2 is 1.67 bits per heavy atom. The van der Waals surface area contributed by atoms with E-state index in [4.69, 9.17) is 11.6 Å². The molecule has 0 aliphatic heterocycles. The second-order valence-electron chi connectivity index (χ2n) is 4.76. The molecule has 0 saturated heterocycles. The maximum Gasteiger partial charge on any atom is 0.271 e. The third kappa shape index (κ3) is 3.24. The van der Waals surface area contributed by atoms with Gasteiger partial charge in [0.05, 0.1) is 20.1 Å². The predicted molar refractivity (Wildman–Crippen MR) is 93.3 cm³/mol. The van der Waals surface area contributed by atoms with E-state index in [0.717, 1.165) is 4.70 Å². The molecule has 0 saturated carbocycles. The van der Waals surface area contributed by atoms with Crippen molar-refractivity contribution >= 4 is 56.7 Å². The largest absolute Gasteiger partial charge is 0.271 e. The van der Waals surface area contributed by atoms with Crippen molar-refractivity contribution in [2.75, 3.05) is 0 Å². The van der Waals surface area contributed by atoms with Crippen LogP contribution in [0.15, 0.2) is 36.4 Å². The number of hydrogen-bond acceptors (Lipinski definition) is 6. The molecule has 0 aliphatic rings. The van der Waals surface area contributed by atoms with Gasteiger partial charge in [-0.3, -0.25) is 20.2 Å². The molecule has 0 N–H and O–H groups in total. The highest BCUT2D eigenvalue weighted by Crippen LogP contribution is 2.28. The van der Waals surface area contributed by atoms with Crippen molar-refractivity contribution in [3.63, 3.8) is 0 Å². The van der Waals surface area contributed by atoms with Crippen LogP contribution in [-0.4, -0.2) is 14.8 Å². The lowest BCUT2D eigenvalue weighted by Gasteiger charge is -1.97. The van der Waals surface area contributed by atoms with E-state index in [-0.39, 0.29) is 11.4 Å². The molecule has 1 aromatic heterocycles. The van der Waals surface area contributed by atoms with Crippen molar-refractivity contribution in [1.82, 2.24) is 4.98 Å². The van der Waals surface area contributed by atoms with Crippen LogP contribution in [0.3, 0.4) is 0 Å². The summed E-state index contributed by atoms with van der Waals surface area (Å²) in [6.07, 6.45) is 3.29. The molecule has 0 bridgehead atoms. The minimum Gasteiger partial charge on any atom is -0.258 e. The molecule has 3 aromatic rings. The summed E-state index contributed by atoms with van der Waals surface area (Å²) in [5, 5.41) is 22.6. The van der Waals surface area contributed by atoms with Gasteiger partial charge in [-0.25, -0.2) is 4.98 Å². The molecule has 0 atom stereocenters. The van der Waals surface area contributed by atoms with Gasteiger partial charge in [0.25, 0.3) is 11.4 Å². The number of non-ortho nitro benzene ring substituents is 2. The van der Waals surface area contributed by atoms with Gasteiger partial charge in [-0.2, -0.15) is 0 Å². The molecule has 120 valence electrons. The van der Waals surface area contributed by atoms with Crippen LogP contribution in [-0.2, 0) is 0 Å². The molecule has 1 heterocycles. The van der Waals surface area contributed by atoms with Gasteiger partial charge in [0.2, 0.25) is 0 Å². The van der Waals surface area contributed by atoms with Crippen molar-refractivity contribution in [3.05, 3.63) is 72.2 Å². The number of benzene rings is 2. The van der Waals surface area contributed by atoms with Gasteiger partial charge in [0.1, 0.15) is 5.01 Å². The summed E-state index contributed by atoms with van der Waals surface area (Å²) < 4.78 is 0.811. The topological polar surface area (TPSA) is 99.2 Å². The summed E-state index contributed by atoms with van der Waals surface area (Å²) in [5.74, 6) is 0.